The van der Waals surface area contributed by atoms with Gasteiger partial charge in [-0.05, 0) is 39.0 Å². The van der Waals surface area contributed by atoms with Gasteiger partial charge >= 0.3 is 0 Å². The van der Waals surface area contributed by atoms with Gasteiger partial charge in [0.25, 0.3) is 5.91 Å². The number of H-pyrrole nitrogens is 1. The van der Waals surface area contributed by atoms with Crippen LogP contribution in [0, 0.1) is 0 Å². The molecule has 29 heavy (non-hydrogen) atoms. The Bertz CT molecular complexity index is 1210. The van der Waals surface area contributed by atoms with E-state index in [-0.39, 0.29) is 16.6 Å². The van der Waals surface area contributed by atoms with Gasteiger partial charge in [-0.15, -0.1) is 0 Å². The minimum atomic E-state index is -3.58. The predicted molar refractivity (Wildman–Crippen MR) is 108 cm³/mol. The maximum atomic E-state index is 12.7. The SMILES string of the molecule is CC1N=C(c2cc(S(C)(=O)=O)cc3c2OC(C)(C)C(=O)N3C)c2cc[nH]c2C1=O. The molecule has 8 nitrogen and oxygen atoms in total. The summed E-state index contributed by atoms with van der Waals surface area (Å²) in [6.07, 6.45) is 2.74. The molecule has 1 amide bonds. The molecule has 1 atom stereocenters. The lowest BCUT2D eigenvalue weighted by atomic mass is 9.93. The van der Waals surface area contributed by atoms with E-state index in [9.17, 15) is 18.0 Å². The number of hydrogen-bond acceptors (Lipinski definition) is 6. The van der Waals surface area contributed by atoms with Gasteiger partial charge in [-0.3, -0.25) is 14.6 Å². The zero-order valence-corrected chi connectivity index (χ0v) is 17.5. The fourth-order valence-electron chi connectivity index (χ4n) is 3.66. The van der Waals surface area contributed by atoms with Crippen molar-refractivity contribution in [2.24, 2.45) is 4.99 Å². The highest BCUT2D eigenvalue weighted by molar-refractivity contribution is 7.90. The number of sulfone groups is 1. The quantitative estimate of drug-likeness (QED) is 0.807. The second kappa shape index (κ2) is 6.03. The molecule has 2 aromatic rings. The first-order chi connectivity index (χ1) is 13.4. The smallest absolute Gasteiger partial charge is 0.270 e. The maximum absolute atomic E-state index is 12.7. The molecule has 1 N–H and O–H groups in total. The van der Waals surface area contributed by atoms with Crippen LogP contribution in [0.5, 0.6) is 5.75 Å². The highest BCUT2D eigenvalue weighted by Gasteiger charge is 2.42. The lowest BCUT2D eigenvalue weighted by Gasteiger charge is -2.38. The number of ether oxygens (including phenoxy) is 1. The summed E-state index contributed by atoms with van der Waals surface area (Å²) in [4.78, 5) is 34.0. The Morgan fingerprint density at radius 3 is 2.55 bits per heavy atom. The number of benzene rings is 1. The molecule has 4 rings (SSSR count). The molecule has 0 bridgehead atoms. The van der Waals surface area contributed by atoms with Gasteiger partial charge in [0.05, 0.1) is 22.0 Å². The van der Waals surface area contributed by atoms with Crippen LogP contribution in [0.1, 0.15) is 42.4 Å². The summed E-state index contributed by atoms with van der Waals surface area (Å²) in [7, 11) is -2.00. The largest absolute Gasteiger partial charge is 0.475 e. The van der Waals surface area contributed by atoms with E-state index in [1.54, 1.807) is 40.1 Å². The van der Waals surface area contributed by atoms with Gasteiger partial charge in [0, 0.05) is 30.6 Å². The van der Waals surface area contributed by atoms with Crippen molar-refractivity contribution in [3.05, 3.63) is 41.2 Å². The summed E-state index contributed by atoms with van der Waals surface area (Å²) >= 11 is 0. The van der Waals surface area contributed by atoms with Crippen molar-refractivity contribution in [3.8, 4) is 5.75 Å². The first kappa shape index (κ1) is 19.4. The number of nitrogens with zero attached hydrogens (tertiary/aromatic N) is 2. The standard InChI is InChI=1S/C20H21N3O5S/c1-10-17(24)16-12(6-7-21-16)15(22-10)13-8-11(29(5,26)27)9-14-18(13)28-20(2,3)19(25)23(14)4/h6-10,21H,1-5H3. The Balaban J connectivity index is 2.06. The fraction of sp³-hybridized carbons (Fsp3) is 0.350. The molecule has 1 aromatic carbocycles. The van der Waals surface area contributed by atoms with Gasteiger partial charge in [-0.2, -0.15) is 0 Å². The van der Waals surface area contributed by atoms with E-state index in [2.05, 4.69) is 9.98 Å². The molecule has 0 spiro atoms. The summed E-state index contributed by atoms with van der Waals surface area (Å²) in [6, 6.07) is 4.01. The van der Waals surface area contributed by atoms with E-state index in [1.165, 1.54) is 17.0 Å². The van der Waals surface area contributed by atoms with Gasteiger partial charge in [0.2, 0.25) is 5.78 Å². The number of likely N-dealkylation sites (N-methyl/N-ethyl adjacent to an activating group) is 1. The molecule has 3 heterocycles. The first-order valence-electron chi connectivity index (χ1n) is 9.07. The Morgan fingerprint density at radius 2 is 1.90 bits per heavy atom. The third kappa shape index (κ3) is 2.88. The number of aliphatic imine (C=N–C) groups is 1. The number of nitrogens with one attached hydrogen (secondary N) is 1. The third-order valence-electron chi connectivity index (χ3n) is 5.22. The lowest BCUT2D eigenvalue weighted by Crippen LogP contribution is -2.51. The molecule has 1 aromatic heterocycles. The van der Waals surface area contributed by atoms with Crippen LogP contribution in [0.2, 0.25) is 0 Å². The van der Waals surface area contributed by atoms with Crippen LogP contribution in [-0.2, 0) is 14.6 Å². The second-order valence-electron chi connectivity index (χ2n) is 7.85. The molecular formula is C20H21N3O5S. The Hall–Kier alpha value is -2.94. The van der Waals surface area contributed by atoms with Crippen molar-refractivity contribution in [1.29, 1.82) is 0 Å². The molecule has 0 saturated carbocycles. The molecule has 1 unspecified atom stereocenters. The van der Waals surface area contributed by atoms with Crippen LogP contribution in [0.25, 0.3) is 0 Å². The van der Waals surface area contributed by atoms with Crippen LogP contribution in [0.4, 0.5) is 5.69 Å². The van der Waals surface area contributed by atoms with Crippen LogP contribution in [-0.4, -0.2) is 55.8 Å². The van der Waals surface area contributed by atoms with E-state index in [4.69, 9.17) is 4.74 Å². The number of hydrogen-bond donors (Lipinski definition) is 1. The maximum Gasteiger partial charge on any atom is 0.270 e. The van der Waals surface area contributed by atoms with Crippen molar-refractivity contribution in [2.75, 3.05) is 18.2 Å². The monoisotopic (exact) mass is 415 g/mol. The Morgan fingerprint density at radius 1 is 1.21 bits per heavy atom. The van der Waals surface area contributed by atoms with E-state index < -0.39 is 21.5 Å². The normalized spacial score (nSPS) is 20.7. The number of anilines is 1. The summed E-state index contributed by atoms with van der Waals surface area (Å²) in [5.41, 5.74) is 1.07. The van der Waals surface area contributed by atoms with E-state index in [0.717, 1.165) is 6.26 Å². The zero-order valence-electron chi connectivity index (χ0n) is 16.7. The molecule has 0 radical (unpaired) electrons. The molecule has 0 aliphatic carbocycles. The summed E-state index contributed by atoms with van der Waals surface area (Å²) in [5.74, 6) is -0.0783. The van der Waals surface area contributed by atoms with Gasteiger partial charge in [-0.1, -0.05) is 0 Å². The number of carbonyl (C=O) groups is 2. The first-order valence-corrected chi connectivity index (χ1v) is 11.0. The average Bonchev–Trinajstić information content (AvgIpc) is 3.11. The fourth-order valence-corrected chi connectivity index (χ4v) is 4.32. The third-order valence-corrected chi connectivity index (χ3v) is 6.31. The molecule has 9 heteroatoms. The number of ketones is 1. The van der Waals surface area contributed by atoms with E-state index in [0.29, 0.717) is 34.0 Å². The van der Waals surface area contributed by atoms with Gasteiger partial charge in [0.1, 0.15) is 6.04 Å². The summed E-state index contributed by atoms with van der Waals surface area (Å²) < 4.78 is 30.7. The van der Waals surface area contributed by atoms with Gasteiger partial charge in [-0.25, -0.2) is 8.42 Å². The topological polar surface area (TPSA) is 109 Å². The number of fused-ring (bicyclic) bond motifs is 2. The van der Waals surface area contributed by atoms with Crippen LogP contribution in [0.3, 0.4) is 0 Å². The number of aromatic amines is 1. The van der Waals surface area contributed by atoms with Crippen LogP contribution >= 0.6 is 0 Å². The Labute approximate surface area is 168 Å². The number of rotatable bonds is 2. The van der Waals surface area contributed by atoms with Crippen molar-refractivity contribution in [2.45, 2.75) is 37.3 Å². The molecule has 0 fully saturated rings. The highest BCUT2D eigenvalue weighted by Crippen LogP contribution is 2.43. The van der Waals surface area contributed by atoms with E-state index >= 15 is 0 Å². The summed E-state index contributed by atoms with van der Waals surface area (Å²) in [5, 5.41) is 0. The summed E-state index contributed by atoms with van der Waals surface area (Å²) in [6.45, 7) is 4.98. The molecule has 152 valence electrons. The van der Waals surface area contributed by atoms with Gasteiger partial charge < -0.3 is 14.6 Å². The molecule has 2 aliphatic heterocycles. The van der Waals surface area contributed by atoms with E-state index in [1.807, 2.05) is 0 Å². The second-order valence-corrected chi connectivity index (χ2v) is 9.87. The minimum Gasteiger partial charge on any atom is -0.475 e. The number of Topliss-reactive ketones (excluding diaryl/α,β-unsaturated/α-hetero) is 1. The highest BCUT2D eigenvalue weighted by atomic mass is 32.2. The van der Waals surface area contributed by atoms with Crippen molar-refractivity contribution >= 4 is 32.9 Å². The van der Waals surface area contributed by atoms with Crippen LogP contribution < -0.4 is 9.64 Å². The van der Waals surface area contributed by atoms with Crippen LogP contribution in [0.15, 0.2) is 34.3 Å². The van der Waals surface area contributed by atoms with Gasteiger partial charge in [0.15, 0.2) is 21.2 Å². The van der Waals surface area contributed by atoms with Crippen molar-refractivity contribution < 1.29 is 22.7 Å². The molecule has 2 aliphatic rings. The predicted octanol–water partition coefficient (Wildman–Crippen LogP) is 1.97. The number of amides is 1. The van der Waals surface area contributed by atoms with Crippen molar-refractivity contribution in [1.82, 2.24) is 4.98 Å². The molecular weight excluding hydrogens is 394 g/mol. The van der Waals surface area contributed by atoms with Crippen molar-refractivity contribution in [3.63, 3.8) is 0 Å². The Kier molecular flexibility index (Phi) is 4.03. The lowest BCUT2D eigenvalue weighted by molar-refractivity contribution is -0.132. The number of aromatic nitrogens is 1. The minimum absolute atomic E-state index is 0.0403. The number of carbonyl (C=O) groups excluding carboxylic acids is 2. The zero-order chi connectivity index (χ0) is 21.3. The average molecular weight is 415 g/mol. The molecule has 0 saturated heterocycles.